The van der Waals surface area contributed by atoms with Crippen molar-refractivity contribution in [3.63, 3.8) is 0 Å². The Labute approximate surface area is 87.4 Å². The van der Waals surface area contributed by atoms with E-state index < -0.39 is 0 Å². The first kappa shape index (κ1) is 9.85. The number of hydrogen-bond donors (Lipinski definition) is 2. The summed E-state index contributed by atoms with van der Waals surface area (Å²) in [6.45, 7) is 10.4. The maximum Gasteiger partial charge on any atom is 0.118 e. The first-order valence-corrected chi connectivity index (χ1v) is 4.87. The van der Waals surface area contributed by atoms with Crippen LogP contribution in [0.5, 0.6) is 0 Å². The fourth-order valence-electron chi connectivity index (χ4n) is 0.912. The predicted molar refractivity (Wildman–Crippen MR) is 58.8 cm³/mol. The molecule has 1 heterocycles. The van der Waals surface area contributed by atoms with Gasteiger partial charge in [0.1, 0.15) is 5.82 Å². The second-order valence-corrected chi connectivity index (χ2v) is 4.30. The molecule has 0 fully saturated rings. The molecule has 0 aromatic carbocycles. The maximum absolute atomic E-state index is 3.87. The van der Waals surface area contributed by atoms with Crippen molar-refractivity contribution in [2.75, 3.05) is 0 Å². The topological polar surface area (TPSA) is 27.3 Å². The zero-order valence-corrected chi connectivity index (χ0v) is 9.77. The molecule has 0 saturated carbocycles. The molecule has 0 atom stereocenters. The smallest absolute Gasteiger partial charge is 0.118 e. The molecule has 0 saturated heterocycles. The van der Waals surface area contributed by atoms with Crippen LogP contribution >= 0.6 is 22.9 Å². The third-order valence-electron chi connectivity index (χ3n) is 1.73. The van der Waals surface area contributed by atoms with Gasteiger partial charge in [-0.3, -0.25) is 5.01 Å². The molecule has 0 aromatic rings. The van der Waals surface area contributed by atoms with Crippen LogP contribution in [0.4, 0.5) is 0 Å². The fourth-order valence-corrected chi connectivity index (χ4v) is 1.34. The van der Waals surface area contributed by atoms with Crippen LogP contribution in [0.15, 0.2) is 24.3 Å². The normalized spacial score (nSPS) is 17.8. The highest BCUT2D eigenvalue weighted by atomic mass is 127. The van der Waals surface area contributed by atoms with E-state index in [-0.39, 0.29) is 5.41 Å². The van der Waals surface area contributed by atoms with Gasteiger partial charge in [-0.15, -0.1) is 0 Å². The molecular formula is C8H14IN3. The van der Waals surface area contributed by atoms with Crippen LogP contribution in [0, 0.1) is 5.41 Å². The highest BCUT2D eigenvalue weighted by Gasteiger charge is 2.24. The van der Waals surface area contributed by atoms with Crippen LogP contribution in [0.25, 0.3) is 0 Å². The van der Waals surface area contributed by atoms with Crippen LogP contribution in [-0.2, 0) is 0 Å². The van der Waals surface area contributed by atoms with Crippen molar-refractivity contribution in [2.45, 2.75) is 20.8 Å². The molecule has 0 bridgehead atoms. The van der Waals surface area contributed by atoms with Crippen molar-refractivity contribution in [1.29, 1.82) is 0 Å². The minimum atomic E-state index is 0.144. The summed E-state index contributed by atoms with van der Waals surface area (Å²) in [5, 5.41) is 5.08. The van der Waals surface area contributed by atoms with Gasteiger partial charge >= 0.3 is 0 Å². The predicted octanol–water partition coefficient (Wildman–Crippen LogP) is 2.10. The lowest BCUT2D eigenvalue weighted by Gasteiger charge is -2.19. The summed E-state index contributed by atoms with van der Waals surface area (Å²) in [6.07, 6.45) is 2.02. The molecule has 3 nitrogen and oxygen atoms in total. The molecule has 1 aliphatic rings. The summed E-state index contributed by atoms with van der Waals surface area (Å²) < 4.78 is 2.98. The van der Waals surface area contributed by atoms with Crippen LogP contribution < -0.4 is 8.96 Å². The van der Waals surface area contributed by atoms with E-state index in [1.54, 1.807) is 0 Å². The number of nitrogens with one attached hydrogen (secondary N) is 2. The van der Waals surface area contributed by atoms with E-state index in [0.29, 0.717) is 0 Å². The van der Waals surface area contributed by atoms with Gasteiger partial charge in [0.15, 0.2) is 0 Å². The Bertz CT molecular complexity index is 227. The second-order valence-electron chi connectivity index (χ2n) is 3.82. The van der Waals surface area contributed by atoms with E-state index in [1.807, 2.05) is 11.2 Å². The zero-order valence-electron chi connectivity index (χ0n) is 7.61. The molecular weight excluding hydrogens is 265 g/mol. The maximum atomic E-state index is 3.87. The molecule has 0 spiro atoms. The Balaban J connectivity index is 2.78. The summed E-state index contributed by atoms with van der Waals surface area (Å²) in [5.41, 5.74) is 1.32. The van der Waals surface area contributed by atoms with Crippen molar-refractivity contribution in [3.8, 4) is 0 Å². The second kappa shape index (κ2) is 3.26. The van der Waals surface area contributed by atoms with Gasteiger partial charge in [-0.05, 0) is 0 Å². The van der Waals surface area contributed by atoms with Gasteiger partial charge in [0, 0.05) is 40.2 Å². The summed E-state index contributed by atoms with van der Waals surface area (Å²) in [5.74, 6) is 0.870. The van der Waals surface area contributed by atoms with Crippen molar-refractivity contribution in [3.05, 3.63) is 24.3 Å². The molecule has 0 amide bonds. The summed E-state index contributed by atoms with van der Waals surface area (Å²) in [6, 6.07) is 0. The van der Waals surface area contributed by atoms with Gasteiger partial charge in [-0.2, -0.15) is 3.64 Å². The lowest BCUT2D eigenvalue weighted by atomic mass is 9.93. The molecule has 0 aromatic heterocycles. The van der Waals surface area contributed by atoms with Crippen molar-refractivity contribution in [2.24, 2.45) is 5.41 Å². The Kier molecular flexibility index (Phi) is 2.67. The standard InChI is InChI=1S/C8H14IN3/c1-6-10-7(8(2,3)4)5-12(6)11-9/h5,10-11H,1H2,2-4H3. The molecule has 0 aliphatic carbocycles. The Morgan fingerprint density at radius 1 is 1.58 bits per heavy atom. The van der Waals surface area contributed by atoms with Gasteiger partial charge in [0.25, 0.3) is 0 Å². The molecule has 4 heteroatoms. The largest absolute Gasteiger partial charge is 0.343 e. The van der Waals surface area contributed by atoms with Crippen LogP contribution in [0.3, 0.4) is 0 Å². The average Bonchev–Trinajstić information content (AvgIpc) is 2.29. The Hall–Kier alpha value is -0.230. The summed E-state index contributed by atoms with van der Waals surface area (Å²) in [7, 11) is 0. The minimum absolute atomic E-state index is 0.144. The van der Waals surface area contributed by atoms with E-state index in [1.165, 1.54) is 5.70 Å². The third kappa shape index (κ3) is 1.92. The van der Waals surface area contributed by atoms with E-state index in [9.17, 15) is 0 Å². The number of halogens is 1. The lowest BCUT2D eigenvalue weighted by Crippen LogP contribution is -2.25. The molecule has 2 N–H and O–H groups in total. The molecule has 0 radical (unpaired) electrons. The summed E-state index contributed by atoms with van der Waals surface area (Å²) in [4.78, 5) is 0. The van der Waals surface area contributed by atoms with Gasteiger partial charge in [0.05, 0.1) is 0 Å². The van der Waals surface area contributed by atoms with Crippen LogP contribution in [-0.4, -0.2) is 5.01 Å². The number of nitrogens with zero attached hydrogens (tertiary/aromatic N) is 1. The zero-order chi connectivity index (χ0) is 9.35. The number of hydrogen-bond acceptors (Lipinski definition) is 3. The fraction of sp³-hybridized carbons (Fsp3) is 0.500. The quantitative estimate of drug-likeness (QED) is 0.568. The van der Waals surface area contributed by atoms with E-state index >= 15 is 0 Å². The first-order valence-electron chi connectivity index (χ1n) is 3.79. The van der Waals surface area contributed by atoms with E-state index in [0.717, 1.165) is 5.82 Å². The third-order valence-corrected chi connectivity index (χ3v) is 2.25. The highest BCUT2D eigenvalue weighted by molar-refractivity contribution is 14.1. The number of allylic oxidation sites excluding steroid dienone is 1. The molecule has 68 valence electrons. The first-order chi connectivity index (χ1) is 5.45. The Morgan fingerprint density at radius 3 is 2.42 bits per heavy atom. The molecule has 1 rings (SSSR count). The number of rotatable bonds is 1. The van der Waals surface area contributed by atoms with E-state index in [4.69, 9.17) is 0 Å². The van der Waals surface area contributed by atoms with Crippen molar-refractivity contribution < 1.29 is 0 Å². The highest BCUT2D eigenvalue weighted by Crippen LogP contribution is 2.27. The molecule has 0 unspecified atom stereocenters. The molecule has 1 aliphatic heterocycles. The van der Waals surface area contributed by atoms with Crippen molar-refractivity contribution in [1.82, 2.24) is 14.0 Å². The summed E-state index contributed by atoms with van der Waals surface area (Å²) >= 11 is 2.07. The van der Waals surface area contributed by atoms with Gasteiger partial charge in [-0.25, -0.2) is 0 Å². The van der Waals surface area contributed by atoms with Crippen molar-refractivity contribution >= 4 is 22.9 Å². The van der Waals surface area contributed by atoms with Crippen LogP contribution in [0.2, 0.25) is 0 Å². The van der Waals surface area contributed by atoms with Crippen LogP contribution in [0.1, 0.15) is 20.8 Å². The molecule has 12 heavy (non-hydrogen) atoms. The van der Waals surface area contributed by atoms with Gasteiger partial charge in [0.2, 0.25) is 0 Å². The average molecular weight is 279 g/mol. The Morgan fingerprint density at radius 2 is 2.17 bits per heavy atom. The SMILES string of the molecule is C=C1NC(C(C)(C)C)=CN1NI. The minimum Gasteiger partial charge on any atom is -0.343 e. The number of hydrazine groups is 1. The van der Waals surface area contributed by atoms with E-state index in [2.05, 4.69) is 59.2 Å². The van der Waals surface area contributed by atoms with Gasteiger partial charge in [-0.1, -0.05) is 27.4 Å². The van der Waals surface area contributed by atoms with Gasteiger partial charge < -0.3 is 5.32 Å². The lowest BCUT2D eigenvalue weighted by molar-refractivity contribution is 0.463. The monoisotopic (exact) mass is 279 g/mol.